The maximum absolute atomic E-state index is 13.1. The maximum atomic E-state index is 13.1. The van der Waals surface area contributed by atoms with E-state index in [0.29, 0.717) is 45.7 Å². The molecular weight excluding hydrogens is 727 g/mol. The number of aliphatic hydroxyl groups excluding tert-OH is 2. The molecule has 9 heteroatoms. The lowest BCUT2D eigenvalue weighted by atomic mass is 9.94. The van der Waals surface area contributed by atoms with E-state index in [2.05, 4.69) is 37.6 Å². The van der Waals surface area contributed by atoms with Crippen molar-refractivity contribution < 1.29 is 29.3 Å². The Morgan fingerprint density at radius 3 is 1.26 bits per heavy atom. The van der Waals surface area contributed by atoms with Gasteiger partial charge in [-0.1, -0.05) is 156 Å². The van der Waals surface area contributed by atoms with Gasteiger partial charge in [0.25, 0.3) is 0 Å². The van der Waals surface area contributed by atoms with Gasteiger partial charge < -0.3 is 24.3 Å². The first kappa shape index (κ1) is 54.0. The molecule has 0 aliphatic carbocycles. The van der Waals surface area contributed by atoms with Crippen LogP contribution in [0.3, 0.4) is 0 Å². The van der Waals surface area contributed by atoms with Crippen LogP contribution in [-0.4, -0.2) is 75.1 Å². The summed E-state index contributed by atoms with van der Waals surface area (Å²) in [7, 11) is 1.96. The molecule has 340 valence electrons. The van der Waals surface area contributed by atoms with E-state index in [1.807, 2.05) is 17.8 Å². The van der Waals surface area contributed by atoms with Gasteiger partial charge in [-0.2, -0.15) is 0 Å². The van der Waals surface area contributed by atoms with Gasteiger partial charge in [0.05, 0.1) is 43.8 Å². The number of carbonyl (C=O) groups excluding carboxylic acids is 2. The standard InChI is InChI=1S/C49H93N3O6/c1-6-10-14-18-20-24-32-43(30-22-16-12-8-3)48(55)57-38-28-26-34-45(53)40-52(42-47-50-36-37-51(47)5)41-46(54)35-27-29-39-58-49(56)44(31-23-17-13-9-4)33-25-21-19-15-11-7-2/h36-37,43-46,53-54H,6-35,38-42H2,1-5H3. The van der Waals surface area contributed by atoms with Crippen molar-refractivity contribution in [3.05, 3.63) is 18.2 Å². The Hall–Kier alpha value is -1.97. The van der Waals surface area contributed by atoms with Crippen molar-refractivity contribution in [3.8, 4) is 0 Å². The molecule has 0 aromatic carbocycles. The molecule has 2 N–H and O–H groups in total. The normalized spacial score (nSPS) is 13.8. The lowest BCUT2D eigenvalue weighted by Gasteiger charge is -2.27. The largest absolute Gasteiger partial charge is 0.465 e. The highest BCUT2D eigenvalue weighted by Gasteiger charge is 2.22. The number of ether oxygens (including phenoxy) is 2. The van der Waals surface area contributed by atoms with Crippen LogP contribution in [0.15, 0.2) is 12.4 Å². The second-order valence-corrected chi connectivity index (χ2v) is 17.5. The van der Waals surface area contributed by atoms with E-state index in [1.54, 1.807) is 6.20 Å². The van der Waals surface area contributed by atoms with Crippen molar-refractivity contribution in [1.82, 2.24) is 14.5 Å². The van der Waals surface area contributed by atoms with E-state index < -0.39 is 12.2 Å². The molecule has 0 aliphatic rings. The number of imidazole rings is 1. The predicted molar refractivity (Wildman–Crippen MR) is 241 cm³/mol. The summed E-state index contributed by atoms with van der Waals surface area (Å²) in [4.78, 5) is 32.7. The van der Waals surface area contributed by atoms with Crippen LogP contribution in [-0.2, 0) is 32.7 Å². The van der Waals surface area contributed by atoms with Crippen molar-refractivity contribution in [3.63, 3.8) is 0 Å². The molecule has 0 saturated carbocycles. The first-order chi connectivity index (χ1) is 28.2. The number of hydrogen-bond donors (Lipinski definition) is 2. The Balaban J connectivity index is 2.51. The van der Waals surface area contributed by atoms with E-state index >= 15 is 0 Å². The zero-order chi connectivity index (χ0) is 42.5. The lowest BCUT2D eigenvalue weighted by molar-refractivity contribution is -0.150. The smallest absolute Gasteiger partial charge is 0.308 e. The number of rotatable bonds is 42. The predicted octanol–water partition coefficient (Wildman–Crippen LogP) is 12.0. The first-order valence-electron chi connectivity index (χ1n) is 24.6. The zero-order valence-electron chi connectivity index (χ0n) is 38.6. The fourth-order valence-corrected chi connectivity index (χ4v) is 8.01. The van der Waals surface area contributed by atoms with Crippen LogP contribution in [0.2, 0.25) is 0 Å². The van der Waals surface area contributed by atoms with Gasteiger partial charge in [0, 0.05) is 32.5 Å². The third-order valence-electron chi connectivity index (χ3n) is 11.9. The molecule has 0 saturated heterocycles. The Morgan fingerprint density at radius 2 is 0.897 bits per heavy atom. The number of hydrogen-bond acceptors (Lipinski definition) is 8. The van der Waals surface area contributed by atoms with Crippen LogP contribution >= 0.6 is 0 Å². The van der Waals surface area contributed by atoms with Gasteiger partial charge in [-0.3, -0.25) is 14.5 Å². The summed E-state index contributed by atoms with van der Waals surface area (Å²) >= 11 is 0. The van der Waals surface area contributed by atoms with E-state index in [9.17, 15) is 19.8 Å². The van der Waals surface area contributed by atoms with E-state index in [1.165, 1.54) is 103 Å². The van der Waals surface area contributed by atoms with E-state index in [-0.39, 0.29) is 23.8 Å². The van der Waals surface area contributed by atoms with Crippen molar-refractivity contribution in [2.24, 2.45) is 18.9 Å². The first-order valence-corrected chi connectivity index (χ1v) is 24.6. The monoisotopic (exact) mass is 820 g/mol. The Morgan fingerprint density at radius 1 is 0.552 bits per heavy atom. The highest BCUT2D eigenvalue weighted by Crippen LogP contribution is 2.22. The molecule has 1 rings (SSSR count). The van der Waals surface area contributed by atoms with Crippen LogP contribution < -0.4 is 0 Å². The highest BCUT2D eigenvalue weighted by atomic mass is 16.5. The third-order valence-corrected chi connectivity index (χ3v) is 11.9. The minimum Gasteiger partial charge on any atom is -0.465 e. The van der Waals surface area contributed by atoms with E-state index in [4.69, 9.17) is 9.47 Å². The van der Waals surface area contributed by atoms with E-state index in [0.717, 1.165) is 82.9 Å². The summed E-state index contributed by atoms with van der Waals surface area (Å²) in [6, 6.07) is 0. The molecule has 1 aromatic heterocycles. The van der Waals surface area contributed by atoms with Crippen LogP contribution in [0.4, 0.5) is 0 Å². The topological polar surface area (TPSA) is 114 Å². The highest BCUT2D eigenvalue weighted by molar-refractivity contribution is 5.72. The number of aromatic nitrogens is 2. The molecule has 1 aromatic rings. The molecule has 4 atom stereocenters. The Labute approximate surface area is 357 Å². The van der Waals surface area contributed by atoms with Crippen LogP contribution in [0.25, 0.3) is 0 Å². The van der Waals surface area contributed by atoms with Crippen molar-refractivity contribution in [1.29, 1.82) is 0 Å². The molecule has 0 bridgehead atoms. The van der Waals surface area contributed by atoms with Crippen molar-refractivity contribution in [2.75, 3.05) is 26.3 Å². The fraction of sp³-hybridized carbons (Fsp3) is 0.898. The summed E-state index contributed by atoms with van der Waals surface area (Å²) in [6.07, 6.45) is 34.6. The second kappa shape index (κ2) is 38.0. The molecule has 1 heterocycles. The minimum absolute atomic E-state index is 0.00641. The molecule has 9 nitrogen and oxygen atoms in total. The van der Waals surface area contributed by atoms with Crippen LogP contribution in [0.5, 0.6) is 0 Å². The van der Waals surface area contributed by atoms with Gasteiger partial charge in [-0.05, 0) is 64.2 Å². The van der Waals surface area contributed by atoms with Gasteiger partial charge in [-0.15, -0.1) is 0 Å². The molecule has 0 amide bonds. The van der Waals surface area contributed by atoms with Gasteiger partial charge in [0.2, 0.25) is 0 Å². The van der Waals surface area contributed by atoms with Crippen LogP contribution in [0.1, 0.15) is 226 Å². The summed E-state index contributed by atoms with van der Waals surface area (Å²) in [6.45, 7) is 11.1. The number of unbranched alkanes of at least 4 members (excludes halogenated alkanes) is 18. The molecule has 0 spiro atoms. The molecule has 0 aliphatic heterocycles. The third kappa shape index (κ3) is 29.3. The molecule has 4 unspecified atom stereocenters. The number of nitrogens with zero attached hydrogens (tertiary/aromatic N) is 3. The Kier molecular flexibility index (Phi) is 35.4. The molecular formula is C49H93N3O6. The summed E-state index contributed by atoms with van der Waals surface area (Å²) in [5.41, 5.74) is 0. The van der Waals surface area contributed by atoms with Gasteiger partial charge >= 0.3 is 11.9 Å². The second-order valence-electron chi connectivity index (χ2n) is 17.5. The summed E-state index contributed by atoms with van der Waals surface area (Å²) in [5.74, 6) is 0.821. The number of carbonyl (C=O) groups is 2. The average Bonchev–Trinajstić information content (AvgIpc) is 3.61. The lowest BCUT2D eigenvalue weighted by Crippen LogP contribution is -2.38. The molecule has 0 fully saturated rings. The zero-order valence-corrected chi connectivity index (χ0v) is 38.6. The Bertz CT molecular complexity index is 1020. The summed E-state index contributed by atoms with van der Waals surface area (Å²) in [5, 5.41) is 22.1. The van der Waals surface area contributed by atoms with Crippen molar-refractivity contribution >= 4 is 11.9 Å². The van der Waals surface area contributed by atoms with Crippen molar-refractivity contribution in [2.45, 2.75) is 239 Å². The van der Waals surface area contributed by atoms with Crippen LogP contribution in [0, 0.1) is 11.8 Å². The quantitative estimate of drug-likeness (QED) is 0.0495. The average molecular weight is 820 g/mol. The van der Waals surface area contributed by atoms with Gasteiger partial charge in [-0.25, -0.2) is 4.98 Å². The number of aliphatic hydroxyl groups is 2. The number of aryl methyl sites for hydroxylation is 1. The molecule has 58 heavy (non-hydrogen) atoms. The maximum Gasteiger partial charge on any atom is 0.308 e. The number of esters is 2. The minimum atomic E-state index is -0.562. The van der Waals surface area contributed by atoms with Gasteiger partial charge in [0.1, 0.15) is 5.82 Å². The fourth-order valence-electron chi connectivity index (χ4n) is 8.01. The SMILES string of the molecule is CCCCCCCCC(CCCCCC)C(=O)OCCCCC(O)CN(Cc1nccn1C)CC(O)CCCCOC(=O)C(CCCCCC)CCCCCCCC. The molecule has 0 radical (unpaired) electrons. The van der Waals surface area contributed by atoms with Gasteiger partial charge in [0.15, 0.2) is 0 Å². The summed E-state index contributed by atoms with van der Waals surface area (Å²) < 4.78 is 13.5.